The van der Waals surface area contributed by atoms with Crippen LogP contribution in [0.3, 0.4) is 0 Å². The van der Waals surface area contributed by atoms with Crippen molar-refractivity contribution < 1.29 is 9.90 Å². The summed E-state index contributed by atoms with van der Waals surface area (Å²) in [7, 11) is 0. The zero-order valence-electron chi connectivity index (χ0n) is 20.8. The lowest BCUT2D eigenvalue weighted by Gasteiger charge is -2.39. The summed E-state index contributed by atoms with van der Waals surface area (Å²) in [5.41, 5.74) is 1.29. The topological polar surface area (TPSA) is 113 Å². The second-order valence-corrected chi connectivity index (χ2v) is 11.1. The van der Waals surface area contributed by atoms with Crippen molar-refractivity contribution in [2.24, 2.45) is 5.41 Å². The van der Waals surface area contributed by atoms with E-state index < -0.39 is 6.09 Å². The molecule has 2 aromatic carbocycles. The third-order valence-electron chi connectivity index (χ3n) is 6.88. The molecule has 1 amide bonds. The van der Waals surface area contributed by atoms with Crippen molar-refractivity contribution in [3.05, 3.63) is 82.1 Å². The fraction of sp³-hybridized carbons (Fsp3) is 0.296. The summed E-state index contributed by atoms with van der Waals surface area (Å²) < 4.78 is 1.56. The van der Waals surface area contributed by atoms with Crippen LogP contribution in [0.5, 0.6) is 0 Å². The van der Waals surface area contributed by atoms with Crippen molar-refractivity contribution >= 4 is 46.2 Å². The van der Waals surface area contributed by atoms with Crippen LogP contribution in [0.25, 0.3) is 10.9 Å². The molecule has 0 radical (unpaired) electrons. The number of hydrogen-bond acceptors (Lipinski definition) is 7. The number of hydrogen-bond donors (Lipinski definition) is 2. The molecule has 4 aromatic rings. The fourth-order valence-electron chi connectivity index (χ4n) is 4.54. The van der Waals surface area contributed by atoms with E-state index in [9.17, 15) is 9.59 Å². The molecule has 2 N–H and O–H groups in total. The summed E-state index contributed by atoms with van der Waals surface area (Å²) in [4.78, 5) is 40.6. The molecule has 0 atom stereocenters. The number of rotatable bonds is 7. The highest BCUT2D eigenvalue weighted by Crippen LogP contribution is 2.36. The summed E-state index contributed by atoms with van der Waals surface area (Å²) in [6.45, 7) is 4.51. The summed E-state index contributed by atoms with van der Waals surface area (Å²) >= 11 is 8.07. The number of amides is 1. The van der Waals surface area contributed by atoms with E-state index in [0.717, 1.165) is 37.3 Å². The SMILES string of the molecule is CC1(CNC(=O)O)CCN(c2cnc(Sc3ccc4ncn(Cc5ccccc5)c(=O)c4c3Cl)cn2)CC1. The van der Waals surface area contributed by atoms with Crippen molar-refractivity contribution in [1.82, 2.24) is 24.8 Å². The van der Waals surface area contributed by atoms with Crippen molar-refractivity contribution in [3.63, 3.8) is 0 Å². The van der Waals surface area contributed by atoms with Crippen LogP contribution in [0.15, 0.2) is 75.9 Å². The van der Waals surface area contributed by atoms with E-state index in [1.807, 2.05) is 36.4 Å². The summed E-state index contributed by atoms with van der Waals surface area (Å²) in [5, 5.41) is 12.8. The highest BCUT2D eigenvalue weighted by atomic mass is 35.5. The van der Waals surface area contributed by atoms with Crippen LogP contribution in [-0.4, -0.2) is 50.4 Å². The molecule has 38 heavy (non-hydrogen) atoms. The molecule has 9 nitrogen and oxygen atoms in total. The monoisotopic (exact) mass is 550 g/mol. The molecule has 5 rings (SSSR count). The Bertz CT molecular complexity index is 1510. The first-order valence-electron chi connectivity index (χ1n) is 12.2. The van der Waals surface area contributed by atoms with Crippen molar-refractivity contribution in [3.8, 4) is 0 Å². The lowest BCUT2D eigenvalue weighted by Crippen LogP contribution is -2.44. The molecule has 0 bridgehead atoms. The van der Waals surface area contributed by atoms with Gasteiger partial charge >= 0.3 is 6.09 Å². The number of anilines is 1. The standard InChI is InChI=1S/C27H27ClN6O3S/c1-27(16-31-26(36)37)9-11-33(12-10-27)21-13-30-22(14-29-21)38-20-8-7-19-23(24(20)28)25(35)34(17-32-19)15-18-5-3-2-4-6-18/h2-8,13-14,17,31H,9-12,15-16H2,1H3,(H,36,37). The second kappa shape index (κ2) is 11.0. The van der Waals surface area contributed by atoms with E-state index >= 15 is 0 Å². The third-order valence-corrected chi connectivity index (χ3v) is 8.37. The van der Waals surface area contributed by atoms with Gasteiger partial charge in [0.1, 0.15) is 10.8 Å². The van der Waals surface area contributed by atoms with Gasteiger partial charge < -0.3 is 15.3 Å². The summed E-state index contributed by atoms with van der Waals surface area (Å²) in [6.07, 6.45) is 5.72. The average molecular weight is 551 g/mol. The summed E-state index contributed by atoms with van der Waals surface area (Å²) in [5.74, 6) is 0.778. The molecular weight excluding hydrogens is 524 g/mol. The van der Waals surface area contributed by atoms with E-state index in [1.165, 1.54) is 11.8 Å². The van der Waals surface area contributed by atoms with Crippen molar-refractivity contribution in [2.45, 2.75) is 36.2 Å². The minimum absolute atomic E-state index is 0.0700. The van der Waals surface area contributed by atoms with Gasteiger partial charge in [0.05, 0.1) is 41.2 Å². The van der Waals surface area contributed by atoms with Gasteiger partial charge in [0, 0.05) is 24.5 Å². The van der Waals surface area contributed by atoms with Gasteiger partial charge in [-0.25, -0.2) is 19.7 Å². The normalized spacial score (nSPS) is 14.9. The first-order chi connectivity index (χ1) is 18.3. The van der Waals surface area contributed by atoms with Crippen LogP contribution in [0.2, 0.25) is 5.02 Å². The predicted octanol–water partition coefficient (Wildman–Crippen LogP) is 4.91. The van der Waals surface area contributed by atoms with Crippen LogP contribution < -0.4 is 15.8 Å². The number of carbonyl (C=O) groups is 1. The Hall–Kier alpha value is -3.63. The number of piperidine rings is 1. The minimum atomic E-state index is -0.992. The van der Waals surface area contributed by atoms with Crippen LogP contribution in [0.4, 0.5) is 10.6 Å². The van der Waals surface area contributed by atoms with Gasteiger partial charge in [0.25, 0.3) is 5.56 Å². The molecule has 11 heteroatoms. The molecule has 1 aliphatic rings. The molecule has 196 valence electrons. The maximum atomic E-state index is 13.3. The molecule has 0 spiro atoms. The summed E-state index contributed by atoms with van der Waals surface area (Å²) in [6, 6.07) is 13.4. The van der Waals surface area contributed by atoms with Crippen molar-refractivity contribution in [1.29, 1.82) is 0 Å². The largest absolute Gasteiger partial charge is 0.465 e. The highest BCUT2D eigenvalue weighted by molar-refractivity contribution is 7.99. The van der Waals surface area contributed by atoms with Crippen LogP contribution in [-0.2, 0) is 6.54 Å². The zero-order valence-corrected chi connectivity index (χ0v) is 22.4. The van der Waals surface area contributed by atoms with E-state index in [-0.39, 0.29) is 11.0 Å². The van der Waals surface area contributed by atoms with Crippen LogP contribution in [0, 0.1) is 5.41 Å². The van der Waals surface area contributed by atoms with Gasteiger partial charge in [-0.05, 0) is 36.0 Å². The smallest absolute Gasteiger partial charge is 0.404 e. The molecule has 1 fully saturated rings. The maximum absolute atomic E-state index is 13.3. The number of nitrogens with one attached hydrogen (secondary N) is 1. The lowest BCUT2D eigenvalue weighted by molar-refractivity contribution is 0.178. The number of fused-ring (bicyclic) bond motifs is 1. The molecule has 2 aromatic heterocycles. The molecule has 0 aliphatic carbocycles. The van der Waals surface area contributed by atoms with E-state index in [2.05, 4.69) is 32.1 Å². The van der Waals surface area contributed by atoms with Gasteiger partial charge in [0.2, 0.25) is 0 Å². The van der Waals surface area contributed by atoms with Crippen LogP contribution >= 0.6 is 23.4 Å². The number of carboxylic acid groups (broad SMARTS) is 1. The average Bonchev–Trinajstić information content (AvgIpc) is 2.92. The quantitative estimate of drug-likeness (QED) is 0.333. The first kappa shape index (κ1) is 26.0. The zero-order chi connectivity index (χ0) is 26.7. The Kier molecular flexibility index (Phi) is 7.53. The molecule has 1 aliphatic heterocycles. The minimum Gasteiger partial charge on any atom is -0.465 e. The number of aromatic nitrogens is 4. The molecule has 1 saturated heterocycles. The highest BCUT2D eigenvalue weighted by Gasteiger charge is 2.31. The Labute approximate surface area is 228 Å². The molecule has 0 unspecified atom stereocenters. The Morgan fingerprint density at radius 3 is 2.55 bits per heavy atom. The van der Waals surface area contributed by atoms with Gasteiger partial charge in [-0.1, -0.05) is 60.6 Å². The number of nitrogens with zero attached hydrogens (tertiary/aromatic N) is 5. The van der Waals surface area contributed by atoms with E-state index in [1.54, 1.807) is 29.4 Å². The first-order valence-corrected chi connectivity index (χ1v) is 13.4. The molecule has 0 saturated carbocycles. The van der Waals surface area contributed by atoms with E-state index in [4.69, 9.17) is 16.7 Å². The second-order valence-electron chi connectivity index (χ2n) is 9.71. The molecule has 3 heterocycles. The van der Waals surface area contributed by atoms with E-state index in [0.29, 0.717) is 38.9 Å². The molecular formula is C27H27ClN6O3S. The Balaban J connectivity index is 1.30. The van der Waals surface area contributed by atoms with Crippen LogP contribution in [0.1, 0.15) is 25.3 Å². The Morgan fingerprint density at radius 1 is 1.11 bits per heavy atom. The lowest BCUT2D eigenvalue weighted by atomic mass is 9.80. The third kappa shape index (κ3) is 5.76. The van der Waals surface area contributed by atoms with Gasteiger partial charge in [-0.2, -0.15) is 0 Å². The maximum Gasteiger partial charge on any atom is 0.404 e. The van der Waals surface area contributed by atoms with Crippen molar-refractivity contribution in [2.75, 3.05) is 24.5 Å². The Morgan fingerprint density at radius 2 is 1.87 bits per heavy atom. The number of benzene rings is 2. The van der Waals surface area contributed by atoms with Gasteiger partial charge in [-0.15, -0.1) is 0 Å². The van der Waals surface area contributed by atoms with Gasteiger partial charge in [-0.3, -0.25) is 9.36 Å². The predicted molar refractivity (Wildman–Crippen MR) is 148 cm³/mol. The fourth-order valence-corrected chi connectivity index (χ4v) is 5.66. The number of halogens is 1. The van der Waals surface area contributed by atoms with Gasteiger partial charge in [0.15, 0.2) is 0 Å².